The van der Waals surface area contributed by atoms with Crippen LogP contribution in [-0.2, 0) is 11.3 Å². The summed E-state index contributed by atoms with van der Waals surface area (Å²) in [6, 6.07) is 7.72. The predicted molar refractivity (Wildman–Crippen MR) is 104 cm³/mol. The van der Waals surface area contributed by atoms with Crippen LogP contribution in [0.2, 0.25) is 0 Å². The smallest absolute Gasteiger partial charge is 0.410 e. The molecule has 3 rings (SSSR count). The van der Waals surface area contributed by atoms with Gasteiger partial charge in [-0.05, 0) is 57.9 Å². The van der Waals surface area contributed by atoms with Crippen molar-refractivity contribution in [2.75, 3.05) is 13.1 Å². The Bertz CT molecular complexity index is 762. The molecule has 0 radical (unpaired) electrons. The van der Waals surface area contributed by atoms with E-state index in [1.165, 1.54) is 0 Å². The van der Waals surface area contributed by atoms with Gasteiger partial charge in [-0.25, -0.2) is 14.5 Å². The lowest BCUT2D eigenvalue weighted by Crippen LogP contribution is -2.42. The Morgan fingerprint density at radius 2 is 1.89 bits per heavy atom. The van der Waals surface area contributed by atoms with Crippen LogP contribution in [0.15, 0.2) is 35.5 Å². The minimum Gasteiger partial charge on any atom is -0.486 e. The Kier molecular flexibility index (Phi) is 5.94. The number of hydrogen-bond acceptors (Lipinski definition) is 6. The maximum Gasteiger partial charge on any atom is 0.410 e. The average molecular weight is 391 g/mol. The van der Waals surface area contributed by atoms with Crippen molar-refractivity contribution < 1.29 is 14.3 Å². The summed E-state index contributed by atoms with van der Waals surface area (Å²) in [7, 11) is 0. The molecule has 7 nitrogen and oxygen atoms in total. The van der Waals surface area contributed by atoms with Crippen molar-refractivity contribution in [3.8, 4) is 5.75 Å². The van der Waals surface area contributed by atoms with Crippen molar-refractivity contribution >= 4 is 18.7 Å². The van der Waals surface area contributed by atoms with E-state index in [4.69, 9.17) is 9.47 Å². The van der Waals surface area contributed by atoms with Crippen molar-refractivity contribution in [1.82, 2.24) is 19.7 Å². The van der Waals surface area contributed by atoms with Gasteiger partial charge in [-0.2, -0.15) is 5.10 Å². The van der Waals surface area contributed by atoms with Crippen LogP contribution in [0, 0.1) is 0 Å². The maximum absolute atomic E-state index is 12.1. The van der Waals surface area contributed by atoms with Crippen molar-refractivity contribution in [3.63, 3.8) is 0 Å². The second kappa shape index (κ2) is 8.21. The van der Waals surface area contributed by atoms with Crippen molar-refractivity contribution in [2.45, 2.75) is 56.8 Å². The van der Waals surface area contributed by atoms with Gasteiger partial charge in [0.1, 0.15) is 24.3 Å². The zero-order valence-corrected chi connectivity index (χ0v) is 16.9. The summed E-state index contributed by atoms with van der Waals surface area (Å²) in [4.78, 5) is 19.1. The SMILES string of the molecule is CC(C)(C)OC(=O)N1CCC(n2cnc(COc3ccc(S)cc3)n2)CC1. The van der Waals surface area contributed by atoms with E-state index in [0.29, 0.717) is 25.5 Å². The van der Waals surface area contributed by atoms with Crippen LogP contribution in [0.5, 0.6) is 5.75 Å². The highest BCUT2D eigenvalue weighted by molar-refractivity contribution is 7.80. The van der Waals surface area contributed by atoms with Crippen LogP contribution in [0.4, 0.5) is 4.79 Å². The van der Waals surface area contributed by atoms with Gasteiger partial charge in [-0.1, -0.05) is 0 Å². The van der Waals surface area contributed by atoms with Gasteiger partial charge in [0.25, 0.3) is 0 Å². The number of likely N-dealkylation sites (tertiary alicyclic amines) is 1. The van der Waals surface area contributed by atoms with E-state index in [1.807, 2.05) is 49.7 Å². The molecule has 146 valence electrons. The fourth-order valence-corrected chi connectivity index (χ4v) is 3.03. The first-order valence-corrected chi connectivity index (χ1v) is 9.55. The molecule has 8 heteroatoms. The summed E-state index contributed by atoms with van der Waals surface area (Å²) in [5.74, 6) is 1.40. The number of nitrogens with zero attached hydrogens (tertiary/aromatic N) is 4. The lowest BCUT2D eigenvalue weighted by atomic mass is 10.1. The highest BCUT2D eigenvalue weighted by atomic mass is 32.1. The van der Waals surface area contributed by atoms with E-state index >= 15 is 0 Å². The number of piperidine rings is 1. The van der Waals surface area contributed by atoms with Gasteiger partial charge in [-0.15, -0.1) is 12.6 Å². The van der Waals surface area contributed by atoms with Crippen molar-refractivity contribution in [3.05, 3.63) is 36.4 Å². The second-order valence-corrected chi connectivity index (χ2v) is 8.14. The Balaban J connectivity index is 1.49. The number of benzene rings is 1. The summed E-state index contributed by atoms with van der Waals surface area (Å²) in [5.41, 5.74) is -0.470. The molecule has 0 saturated carbocycles. The van der Waals surface area contributed by atoms with Crippen molar-refractivity contribution in [2.24, 2.45) is 0 Å². The molecule has 0 unspecified atom stereocenters. The topological polar surface area (TPSA) is 69.5 Å². The highest BCUT2D eigenvalue weighted by Gasteiger charge is 2.28. The summed E-state index contributed by atoms with van der Waals surface area (Å²) in [6.45, 7) is 7.26. The van der Waals surface area contributed by atoms with Gasteiger partial charge >= 0.3 is 6.09 Å². The molecule has 2 heterocycles. The average Bonchev–Trinajstić information content (AvgIpc) is 3.09. The first-order valence-electron chi connectivity index (χ1n) is 9.10. The van der Waals surface area contributed by atoms with Crippen LogP contribution in [-0.4, -0.2) is 44.4 Å². The zero-order chi connectivity index (χ0) is 19.4. The van der Waals surface area contributed by atoms with E-state index in [9.17, 15) is 4.79 Å². The molecule has 0 N–H and O–H groups in total. The van der Waals surface area contributed by atoms with Crippen LogP contribution >= 0.6 is 12.6 Å². The van der Waals surface area contributed by atoms with E-state index < -0.39 is 5.60 Å². The molecule has 1 fully saturated rings. The molecule has 1 aromatic carbocycles. The fraction of sp³-hybridized carbons (Fsp3) is 0.526. The summed E-state index contributed by atoms with van der Waals surface area (Å²) < 4.78 is 13.0. The highest BCUT2D eigenvalue weighted by Crippen LogP contribution is 2.23. The monoisotopic (exact) mass is 390 g/mol. The van der Waals surface area contributed by atoms with Crippen molar-refractivity contribution in [1.29, 1.82) is 0 Å². The molecule has 27 heavy (non-hydrogen) atoms. The third-order valence-corrected chi connectivity index (χ3v) is 4.55. The van der Waals surface area contributed by atoms with Gasteiger partial charge in [0.15, 0.2) is 5.82 Å². The largest absolute Gasteiger partial charge is 0.486 e. The molecular formula is C19H26N4O3S. The fourth-order valence-electron chi connectivity index (χ4n) is 2.88. The minimum absolute atomic E-state index is 0.230. The number of aromatic nitrogens is 3. The van der Waals surface area contributed by atoms with Gasteiger partial charge in [-0.3, -0.25) is 0 Å². The molecule has 0 bridgehead atoms. The quantitative estimate of drug-likeness (QED) is 0.806. The first-order chi connectivity index (χ1) is 12.8. The van der Waals surface area contributed by atoms with Crippen LogP contribution in [0.25, 0.3) is 0 Å². The Morgan fingerprint density at radius 3 is 2.52 bits per heavy atom. The van der Waals surface area contributed by atoms with E-state index in [0.717, 1.165) is 23.5 Å². The number of carbonyl (C=O) groups is 1. The molecular weight excluding hydrogens is 364 g/mol. The molecule has 1 aliphatic rings. The minimum atomic E-state index is -0.470. The lowest BCUT2D eigenvalue weighted by molar-refractivity contribution is 0.0184. The molecule has 1 aliphatic heterocycles. The third-order valence-electron chi connectivity index (χ3n) is 4.25. The van der Waals surface area contributed by atoms with E-state index in [2.05, 4.69) is 22.7 Å². The molecule has 2 aromatic rings. The summed E-state index contributed by atoms with van der Waals surface area (Å²) in [5, 5.41) is 4.53. The molecule has 1 saturated heterocycles. The van der Waals surface area contributed by atoms with E-state index in [-0.39, 0.29) is 12.1 Å². The van der Waals surface area contributed by atoms with Gasteiger partial charge in [0.2, 0.25) is 0 Å². The number of ether oxygens (including phenoxy) is 2. The number of carbonyl (C=O) groups excluding carboxylic acids is 1. The number of hydrogen-bond donors (Lipinski definition) is 1. The number of thiol groups is 1. The molecule has 1 amide bonds. The molecule has 0 spiro atoms. The normalized spacial score (nSPS) is 15.6. The molecule has 0 atom stereocenters. The van der Waals surface area contributed by atoms with Gasteiger partial charge in [0, 0.05) is 18.0 Å². The standard InChI is InChI=1S/C19H26N4O3S/c1-19(2,3)26-18(24)22-10-8-14(9-11-22)23-13-20-17(21-23)12-25-15-4-6-16(27)7-5-15/h4-7,13-14,27H,8-12H2,1-3H3. The third kappa shape index (κ3) is 5.63. The maximum atomic E-state index is 12.1. The Morgan fingerprint density at radius 1 is 1.22 bits per heavy atom. The van der Waals surface area contributed by atoms with Gasteiger partial charge in [0.05, 0.1) is 6.04 Å². The zero-order valence-electron chi connectivity index (χ0n) is 16.0. The Hall–Kier alpha value is -2.22. The summed E-state index contributed by atoms with van der Waals surface area (Å²) >= 11 is 4.25. The number of rotatable bonds is 4. The lowest BCUT2D eigenvalue weighted by Gasteiger charge is -2.33. The summed E-state index contributed by atoms with van der Waals surface area (Å²) in [6.07, 6.45) is 3.14. The Labute approximate surface area is 165 Å². The van der Waals surface area contributed by atoms with Crippen LogP contribution < -0.4 is 4.74 Å². The molecule has 0 aliphatic carbocycles. The van der Waals surface area contributed by atoms with E-state index in [1.54, 1.807) is 11.2 Å². The molecule has 1 aromatic heterocycles. The first kappa shape index (κ1) is 19.5. The van der Waals surface area contributed by atoms with Crippen LogP contribution in [0.3, 0.4) is 0 Å². The number of amides is 1. The van der Waals surface area contributed by atoms with Crippen LogP contribution in [0.1, 0.15) is 45.5 Å². The van der Waals surface area contributed by atoms with Gasteiger partial charge < -0.3 is 14.4 Å². The second-order valence-electron chi connectivity index (χ2n) is 7.62. The predicted octanol–water partition coefficient (Wildman–Crippen LogP) is 3.72.